The van der Waals surface area contributed by atoms with Crippen LogP contribution in [-0.4, -0.2) is 115 Å². The van der Waals surface area contributed by atoms with Crippen LogP contribution in [0.1, 0.15) is 55.4 Å². The first-order valence-corrected chi connectivity index (χ1v) is 34.1. The zero-order chi connectivity index (χ0) is 65.3. The molecule has 0 aromatic heterocycles. The molecule has 8 rings (SSSR count). The van der Waals surface area contributed by atoms with Gasteiger partial charge >= 0.3 is 0 Å². The fraction of sp³-hybridized carbons (Fsp3) is 0.333. The monoisotopic (exact) mass is 1210 g/mol. The van der Waals surface area contributed by atoms with E-state index in [1.807, 2.05) is 372 Å². The average Bonchev–Trinajstić information content (AvgIpc) is 3.55. The zero-order valence-corrected chi connectivity index (χ0v) is 59.1. The van der Waals surface area contributed by atoms with Crippen molar-refractivity contribution in [3.63, 3.8) is 0 Å². The molecule has 0 unspecified atom stereocenters. The standard InChI is InChI=1S/8C6H6.2C2H6OS.4C2H6O.2C2H6S.4C2H6/c8*1-2-4-6-5-3-1;2*1-4(2)3;6*1-3-2;4*1-2/h8*1-6H;2*1-2H3;6*1-2H3;4*1-2H3. The van der Waals surface area contributed by atoms with E-state index < -0.39 is 21.6 Å². The molecule has 0 spiro atoms. The average molecular weight is 1210 g/mol. The maximum Gasteiger partial charge on any atom is 0.0351 e. The highest BCUT2D eigenvalue weighted by molar-refractivity contribution is 7.98. The van der Waals surface area contributed by atoms with E-state index in [1.54, 1.807) is 105 Å². The van der Waals surface area contributed by atoms with E-state index in [9.17, 15) is 8.42 Å². The van der Waals surface area contributed by atoms with Crippen LogP contribution in [0, 0.1) is 0 Å². The van der Waals surface area contributed by atoms with Gasteiger partial charge < -0.3 is 18.9 Å². The highest BCUT2D eigenvalue weighted by atomic mass is 32.2. The molecule has 0 aliphatic carbocycles. The zero-order valence-electron chi connectivity index (χ0n) is 55.8. The predicted molar refractivity (Wildman–Crippen MR) is 388 cm³/mol. The lowest BCUT2D eigenvalue weighted by molar-refractivity contribution is 0.277. The van der Waals surface area contributed by atoms with Gasteiger partial charge in [0.2, 0.25) is 0 Å². The van der Waals surface area contributed by atoms with Gasteiger partial charge in [-0.15, -0.1) is 0 Å². The van der Waals surface area contributed by atoms with E-state index in [1.165, 1.54) is 0 Å². The second-order valence-corrected chi connectivity index (χ2v) is 17.8. The van der Waals surface area contributed by atoms with E-state index in [2.05, 4.69) is 18.9 Å². The van der Waals surface area contributed by atoms with Crippen LogP contribution < -0.4 is 0 Å². The van der Waals surface area contributed by atoms with Crippen molar-refractivity contribution in [1.82, 2.24) is 0 Å². The number of thioether (sulfide) groups is 2. The summed E-state index contributed by atoms with van der Waals surface area (Å²) < 4.78 is 36.1. The molecule has 0 fully saturated rings. The molecule has 8 aromatic carbocycles. The van der Waals surface area contributed by atoms with Gasteiger partial charge in [0.05, 0.1) is 0 Å². The minimum Gasteiger partial charge on any atom is -0.388 e. The lowest BCUT2D eigenvalue weighted by Gasteiger charge is -1.69. The molecule has 0 saturated carbocycles. The third kappa shape index (κ3) is 223. The molecule has 0 radical (unpaired) electrons. The number of ether oxygens (including phenoxy) is 4. The van der Waals surface area contributed by atoms with Crippen molar-refractivity contribution in [1.29, 1.82) is 0 Å². The van der Waals surface area contributed by atoms with Crippen molar-refractivity contribution in [2.75, 3.05) is 107 Å². The molecule has 6 nitrogen and oxygen atoms in total. The number of hydrogen-bond donors (Lipinski definition) is 0. The van der Waals surface area contributed by atoms with Gasteiger partial charge in [0.15, 0.2) is 0 Å². The number of methoxy groups -OCH3 is 4. The maximum absolute atomic E-state index is 9.56. The summed E-state index contributed by atoms with van der Waals surface area (Å²) in [5.41, 5.74) is 0. The molecule has 468 valence electrons. The molecule has 0 amide bonds. The van der Waals surface area contributed by atoms with Crippen molar-refractivity contribution in [2.24, 2.45) is 0 Å². The van der Waals surface area contributed by atoms with Crippen molar-refractivity contribution in [3.05, 3.63) is 291 Å². The van der Waals surface area contributed by atoms with E-state index in [4.69, 9.17) is 0 Å². The Morgan fingerprint density at radius 1 is 0.183 bits per heavy atom. The molecule has 10 heteroatoms. The summed E-state index contributed by atoms with van der Waals surface area (Å²) in [7, 11) is 11.8. The third-order valence-corrected chi connectivity index (χ3v) is 5.33. The van der Waals surface area contributed by atoms with Crippen LogP contribution in [0.5, 0.6) is 0 Å². The summed E-state index contributed by atoms with van der Waals surface area (Å²) in [4.78, 5) is 0. The van der Waals surface area contributed by atoms with Gasteiger partial charge in [-0.1, -0.05) is 347 Å². The molecule has 0 N–H and O–H groups in total. The minimum atomic E-state index is -0.611. The Morgan fingerprint density at radius 3 is 0.207 bits per heavy atom. The summed E-state index contributed by atoms with van der Waals surface area (Å²) >= 11 is 3.50. The largest absolute Gasteiger partial charge is 0.388 e. The number of hydrogen-bond acceptors (Lipinski definition) is 8. The summed E-state index contributed by atoms with van der Waals surface area (Å²) in [5.74, 6) is 0. The summed E-state index contributed by atoms with van der Waals surface area (Å²) in [5, 5.41) is 0. The van der Waals surface area contributed by atoms with Gasteiger partial charge in [-0.05, 0) is 25.0 Å². The summed E-state index contributed by atoms with van der Waals surface area (Å²) in [6.07, 6.45) is 14.7. The van der Waals surface area contributed by atoms with Crippen molar-refractivity contribution >= 4 is 45.1 Å². The quantitative estimate of drug-likeness (QED) is 0.149. The highest BCUT2D eigenvalue weighted by Gasteiger charge is 1.63. The van der Waals surface area contributed by atoms with Crippen molar-refractivity contribution in [3.8, 4) is 0 Å². The number of rotatable bonds is 0. The van der Waals surface area contributed by atoms with Crippen LogP contribution in [0.4, 0.5) is 0 Å². The van der Waals surface area contributed by atoms with Crippen LogP contribution in [0.25, 0.3) is 0 Å². The van der Waals surface area contributed by atoms with Crippen LogP contribution in [0.2, 0.25) is 0 Å². The molecule has 0 saturated heterocycles. The van der Waals surface area contributed by atoms with Crippen LogP contribution in [-0.2, 0) is 40.5 Å². The lowest BCUT2D eigenvalue weighted by Crippen LogP contribution is -1.70. The highest BCUT2D eigenvalue weighted by Crippen LogP contribution is 1.84. The Kier molecular flexibility index (Phi) is 181. The van der Waals surface area contributed by atoms with Gasteiger partial charge in [-0.2, -0.15) is 23.5 Å². The van der Waals surface area contributed by atoms with Crippen LogP contribution in [0.15, 0.2) is 291 Å². The summed E-state index contributed by atoms with van der Waals surface area (Å²) in [6, 6.07) is 96.0. The second kappa shape index (κ2) is 141. The SMILES string of the molecule is CC.CC.CC.CC.COC.COC.COC.COC.CS(C)=O.CS(C)=O.CSC.CSC.c1ccccc1.c1ccccc1.c1ccccc1.c1ccccc1.c1ccccc1.c1ccccc1.c1ccccc1.c1ccccc1. The smallest absolute Gasteiger partial charge is 0.0351 e. The second-order valence-electron chi connectivity index (χ2n) is 13.2. The van der Waals surface area contributed by atoms with Gasteiger partial charge in [-0.25, -0.2) is 0 Å². The number of benzene rings is 8. The fourth-order valence-corrected chi connectivity index (χ4v) is 3.08. The van der Waals surface area contributed by atoms with Gasteiger partial charge in [0.1, 0.15) is 0 Å². The first kappa shape index (κ1) is 105. The van der Waals surface area contributed by atoms with E-state index in [0.717, 1.165) is 0 Å². The lowest BCUT2D eigenvalue weighted by atomic mass is 10.4. The summed E-state index contributed by atoms with van der Waals surface area (Å²) in [6.45, 7) is 16.0. The first-order valence-electron chi connectivity index (χ1n) is 26.9. The van der Waals surface area contributed by atoms with Gasteiger partial charge in [-0.3, -0.25) is 8.42 Å². The molecule has 0 bridgehead atoms. The van der Waals surface area contributed by atoms with Crippen LogP contribution >= 0.6 is 23.5 Å². The maximum atomic E-state index is 9.56. The first-order chi connectivity index (χ1) is 39.9. The van der Waals surface area contributed by atoms with Crippen molar-refractivity contribution < 1.29 is 27.4 Å². The normalized spacial score (nSPS) is 7.15. The molecule has 0 aliphatic heterocycles. The molecular formula is C72H120O6S4. The minimum absolute atomic E-state index is 0.611. The molecule has 8 aromatic rings. The molecule has 0 aliphatic rings. The molecule has 0 atom stereocenters. The Labute approximate surface area is 522 Å². The molecular weight excluding hydrogens is 1090 g/mol. The predicted octanol–water partition coefficient (Wildman–Crippen LogP) is 20.6. The van der Waals surface area contributed by atoms with Crippen LogP contribution in [0.3, 0.4) is 0 Å². The third-order valence-electron chi connectivity index (χ3n) is 5.33. The van der Waals surface area contributed by atoms with Crippen molar-refractivity contribution in [2.45, 2.75) is 55.4 Å². The van der Waals surface area contributed by atoms with E-state index >= 15 is 0 Å². The fourth-order valence-electron chi connectivity index (χ4n) is 3.08. The molecule has 82 heavy (non-hydrogen) atoms. The molecule has 0 heterocycles. The Bertz CT molecular complexity index is 1270. The van der Waals surface area contributed by atoms with E-state index in [0.29, 0.717) is 0 Å². The Balaban J connectivity index is -0.0000000637. The van der Waals surface area contributed by atoms with Gasteiger partial charge in [0, 0.05) is 104 Å². The Morgan fingerprint density at radius 2 is 0.195 bits per heavy atom. The Hall–Kier alpha value is -5.40. The van der Waals surface area contributed by atoms with E-state index in [-0.39, 0.29) is 0 Å². The topological polar surface area (TPSA) is 71.1 Å². The van der Waals surface area contributed by atoms with Gasteiger partial charge in [0.25, 0.3) is 0 Å².